The van der Waals surface area contributed by atoms with Gasteiger partial charge in [-0.05, 0) is 23.8 Å². The third-order valence-corrected chi connectivity index (χ3v) is 5.21. The predicted molar refractivity (Wildman–Crippen MR) is 98.8 cm³/mol. The maximum absolute atomic E-state index is 13.4. The lowest BCUT2D eigenvalue weighted by atomic mass is 9.91. The number of nitrogens with one attached hydrogen (secondary N) is 1. The molecule has 1 aliphatic heterocycles. The van der Waals surface area contributed by atoms with Crippen molar-refractivity contribution in [3.8, 4) is 5.75 Å². The van der Waals surface area contributed by atoms with Crippen LogP contribution in [0.3, 0.4) is 0 Å². The molecule has 0 saturated carbocycles. The third kappa shape index (κ3) is 3.25. The van der Waals surface area contributed by atoms with Gasteiger partial charge in [0.2, 0.25) is 5.91 Å². The smallest absolute Gasteiger partial charge is 0.226 e. The lowest BCUT2D eigenvalue weighted by Crippen LogP contribution is -2.23. The number of carbonyl (C=O) groups is 1. The molecule has 1 aromatic heterocycles. The summed E-state index contributed by atoms with van der Waals surface area (Å²) < 4.78 is 19.3. The first kappa shape index (κ1) is 16.5. The molecule has 1 atom stereocenters. The number of carbonyl (C=O) groups excluding carboxylic acids is 1. The number of nitrogens with two attached hydrogens (primary N) is 1. The molecule has 2 aromatic carbocycles. The van der Waals surface area contributed by atoms with Gasteiger partial charge in [-0.1, -0.05) is 41.7 Å². The van der Waals surface area contributed by atoms with E-state index in [1.807, 2.05) is 30.3 Å². The van der Waals surface area contributed by atoms with Gasteiger partial charge in [-0.3, -0.25) is 4.79 Å². The van der Waals surface area contributed by atoms with Crippen molar-refractivity contribution in [1.82, 2.24) is 4.98 Å². The van der Waals surface area contributed by atoms with Gasteiger partial charge in [-0.15, -0.1) is 0 Å². The minimum absolute atomic E-state index is 0.104. The van der Waals surface area contributed by atoms with Crippen LogP contribution in [0.2, 0.25) is 0 Å². The zero-order valence-corrected chi connectivity index (χ0v) is 14.6. The number of nitrogen functional groups attached to an aromatic ring is 1. The molecule has 0 unspecified atom stereocenters. The van der Waals surface area contributed by atoms with Crippen LogP contribution in [0, 0.1) is 5.82 Å². The van der Waals surface area contributed by atoms with E-state index >= 15 is 0 Å². The molecule has 3 N–H and O–H groups in total. The van der Waals surface area contributed by atoms with Crippen LogP contribution in [-0.4, -0.2) is 10.9 Å². The van der Waals surface area contributed by atoms with E-state index < -0.39 is 0 Å². The van der Waals surface area contributed by atoms with Crippen molar-refractivity contribution < 1.29 is 13.9 Å². The van der Waals surface area contributed by atoms with E-state index in [0.29, 0.717) is 23.1 Å². The van der Waals surface area contributed by atoms with E-state index in [-0.39, 0.29) is 24.2 Å². The highest BCUT2D eigenvalue weighted by atomic mass is 32.1. The van der Waals surface area contributed by atoms with Crippen LogP contribution >= 0.6 is 11.3 Å². The maximum atomic E-state index is 13.4. The Hall–Kier alpha value is -2.93. The van der Waals surface area contributed by atoms with Crippen LogP contribution in [0.4, 0.5) is 15.3 Å². The highest BCUT2D eigenvalue weighted by Crippen LogP contribution is 2.44. The Morgan fingerprint density at radius 2 is 2.12 bits per heavy atom. The molecule has 1 amide bonds. The summed E-state index contributed by atoms with van der Waals surface area (Å²) in [5, 5.41) is 3.18. The number of benzene rings is 2. The topological polar surface area (TPSA) is 77.2 Å². The van der Waals surface area contributed by atoms with Crippen molar-refractivity contribution in [3.05, 3.63) is 70.4 Å². The molecule has 0 aliphatic carbocycles. The van der Waals surface area contributed by atoms with Crippen LogP contribution in [-0.2, 0) is 11.4 Å². The van der Waals surface area contributed by atoms with Crippen LogP contribution in [0.5, 0.6) is 5.75 Å². The zero-order valence-electron chi connectivity index (χ0n) is 13.7. The second-order valence-electron chi connectivity index (χ2n) is 6.03. The highest BCUT2D eigenvalue weighted by molar-refractivity contribution is 7.16. The third-order valence-electron chi connectivity index (χ3n) is 4.21. The number of halogens is 1. The molecule has 26 heavy (non-hydrogen) atoms. The van der Waals surface area contributed by atoms with E-state index in [9.17, 15) is 9.18 Å². The number of para-hydroxylation sites is 1. The van der Waals surface area contributed by atoms with Crippen molar-refractivity contribution in [2.45, 2.75) is 18.9 Å². The molecule has 1 aliphatic rings. The van der Waals surface area contributed by atoms with Crippen LogP contribution in [0.25, 0.3) is 0 Å². The number of nitrogens with zero attached hydrogens (tertiary/aromatic N) is 1. The van der Waals surface area contributed by atoms with Crippen LogP contribution < -0.4 is 15.8 Å². The van der Waals surface area contributed by atoms with E-state index in [0.717, 1.165) is 16.0 Å². The minimum atomic E-state index is -0.298. The Morgan fingerprint density at radius 1 is 1.27 bits per heavy atom. The summed E-state index contributed by atoms with van der Waals surface area (Å²) in [6.07, 6.45) is 0.301. The number of ether oxygens (including phenoxy) is 1. The average Bonchev–Trinajstić information content (AvgIpc) is 2.99. The normalized spacial score (nSPS) is 16.0. The molecule has 5 nitrogen and oxygen atoms in total. The van der Waals surface area contributed by atoms with Gasteiger partial charge in [-0.2, -0.15) is 0 Å². The summed E-state index contributed by atoms with van der Waals surface area (Å²) in [6, 6.07) is 13.9. The Balaban J connectivity index is 1.65. The number of amides is 1. The van der Waals surface area contributed by atoms with Crippen molar-refractivity contribution >= 4 is 28.2 Å². The summed E-state index contributed by atoms with van der Waals surface area (Å²) in [4.78, 5) is 17.2. The van der Waals surface area contributed by atoms with Gasteiger partial charge in [0.1, 0.15) is 24.0 Å². The molecular formula is C19H16FN3O2S. The molecule has 0 spiro atoms. The van der Waals surface area contributed by atoms with Gasteiger partial charge in [0.15, 0.2) is 5.13 Å². The van der Waals surface area contributed by atoms with Crippen LogP contribution in [0.1, 0.15) is 28.3 Å². The second kappa shape index (κ2) is 6.76. The molecule has 4 rings (SSSR count). The number of thiazole rings is 1. The van der Waals surface area contributed by atoms with Gasteiger partial charge >= 0.3 is 0 Å². The summed E-state index contributed by atoms with van der Waals surface area (Å²) in [6.45, 7) is 0.241. The fourth-order valence-electron chi connectivity index (χ4n) is 3.07. The number of anilines is 2. The van der Waals surface area contributed by atoms with Crippen molar-refractivity contribution in [2.24, 2.45) is 0 Å². The van der Waals surface area contributed by atoms with Gasteiger partial charge in [0.25, 0.3) is 0 Å². The molecule has 0 radical (unpaired) electrons. The number of aromatic nitrogens is 1. The molecule has 0 fully saturated rings. The quantitative estimate of drug-likeness (QED) is 0.731. The van der Waals surface area contributed by atoms with Crippen LogP contribution in [0.15, 0.2) is 48.5 Å². The Bertz CT molecular complexity index is 973. The van der Waals surface area contributed by atoms with E-state index in [4.69, 9.17) is 10.5 Å². The average molecular weight is 369 g/mol. The number of fused-ring (bicyclic) bond motifs is 1. The molecular weight excluding hydrogens is 353 g/mol. The second-order valence-corrected chi connectivity index (χ2v) is 7.09. The number of hydrogen-bond acceptors (Lipinski definition) is 5. The standard InChI is InChI=1S/C19H16FN3O2S/c20-12-5-3-4-11(8-12)10-25-15-7-2-1-6-13(15)14-9-16(24)22-18-17(14)26-19(21)23-18/h1-8,14H,9-10H2,(H2,21,23)(H,22,24)/t14-/m0/s1. The van der Waals surface area contributed by atoms with E-state index in [2.05, 4.69) is 10.3 Å². The summed E-state index contributed by atoms with van der Waals surface area (Å²) in [7, 11) is 0. The van der Waals surface area contributed by atoms with Gasteiger partial charge in [-0.25, -0.2) is 9.37 Å². The zero-order chi connectivity index (χ0) is 18.1. The SMILES string of the molecule is Nc1nc2c(s1)[C@H](c1ccccc1OCc1cccc(F)c1)CC(=O)N2. The Kier molecular flexibility index (Phi) is 4.30. The summed E-state index contributed by atoms with van der Waals surface area (Å²) in [5.41, 5.74) is 7.45. The van der Waals surface area contributed by atoms with Crippen molar-refractivity contribution in [2.75, 3.05) is 11.1 Å². The molecule has 7 heteroatoms. The summed E-state index contributed by atoms with van der Waals surface area (Å²) >= 11 is 1.37. The fourth-order valence-corrected chi connectivity index (χ4v) is 3.98. The molecule has 2 heterocycles. The number of rotatable bonds is 4. The molecule has 3 aromatic rings. The lowest BCUT2D eigenvalue weighted by Gasteiger charge is -2.23. The first-order chi connectivity index (χ1) is 12.6. The first-order valence-electron chi connectivity index (χ1n) is 8.12. The molecule has 132 valence electrons. The Morgan fingerprint density at radius 3 is 2.96 bits per heavy atom. The molecule has 0 saturated heterocycles. The summed E-state index contributed by atoms with van der Waals surface area (Å²) in [5.74, 6) is 0.612. The monoisotopic (exact) mass is 369 g/mol. The van der Waals surface area contributed by atoms with Crippen molar-refractivity contribution in [1.29, 1.82) is 0 Å². The lowest BCUT2D eigenvalue weighted by molar-refractivity contribution is -0.116. The minimum Gasteiger partial charge on any atom is -0.489 e. The largest absolute Gasteiger partial charge is 0.489 e. The van der Waals surface area contributed by atoms with Gasteiger partial charge in [0.05, 0.1) is 4.88 Å². The fraction of sp³-hybridized carbons (Fsp3) is 0.158. The Labute approximate surface area is 153 Å². The van der Waals surface area contributed by atoms with Gasteiger partial charge in [0, 0.05) is 17.9 Å². The molecule has 0 bridgehead atoms. The van der Waals surface area contributed by atoms with Gasteiger partial charge < -0.3 is 15.8 Å². The predicted octanol–water partition coefficient (Wildman–Crippen LogP) is 3.92. The van der Waals surface area contributed by atoms with E-state index in [1.165, 1.54) is 23.5 Å². The van der Waals surface area contributed by atoms with E-state index in [1.54, 1.807) is 6.07 Å². The first-order valence-corrected chi connectivity index (χ1v) is 8.94. The maximum Gasteiger partial charge on any atom is 0.226 e. The number of hydrogen-bond donors (Lipinski definition) is 2. The highest BCUT2D eigenvalue weighted by Gasteiger charge is 2.31. The van der Waals surface area contributed by atoms with Crippen molar-refractivity contribution in [3.63, 3.8) is 0 Å².